The van der Waals surface area contributed by atoms with Gasteiger partial charge in [-0.15, -0.1) is 0 Å². The molecule has 0 aromatic heterocycles. The second-order valence-electron chi connectivity index (χ2n) is 8.53. The molecule has 0 fully saturated rings. The molecular formula is C27H31BrN2O5S. The van der Waals surface area contributed by atoms with E-state index in [2.05, 4.69) is 35.1 Å². The number of sulfonamides is 1. The average Bonchev–Trinajstić information content (AvgIpc) is 2.86. The number of anilines is 1. The summed E-state index contributed by atoms with van der Waals surface area (Å²) in [7, 11) is -2.54. The summed E-state index contributed by atoms with van der Waals surface area (Å²) in [6.07, 6.45) is 0. The van der Waals surface area contributed by atoms with Crippen LogP contribution in [0.4, 0.5) is 5.69 Å². The maximum atomic E-state index is 13.6. The Kier molecular flexibility index (Phi) is 9.39. The number of para-hydroxylation sites is 1. The zero-order chi connectivity index (χ0) is 26.3. The van der Waals surface area contributed by atoms with Crippen LogP contribution in [-0.4, -0.2) is 41.1 Å². The van der Waals surface area contributed by atoms with E-state index in [1.807, 2.05) is 31.2 Å². The topological polar surface area (TPSA) is 84.9 Å². The van der Waals surface area contributed by atoms with E-state index < -0.39 is 15.9 Å². The average molecular weight is 576 g/mol. The van der Waals surface area contributed by atoms with E-state index in [1.54, 1.807) is 30.3 Å². The Hall–Kier alpha value is -3.04. The molecule has 0 bridgehead atoms. The van der Waals surface area contributed by atoms with Crippen LogP contribution in [0.1, 0.15) is 30.9 Å². The minimum atomic E-state index is -4.04. The number of hydrogen-bond donors (Lipinski definition) is 1. The van der Waals surface area contributed by atoms with Gasteiger partial charge in [-0.3, -0.25) is 9.10 Å². The number of rotatable bonds is 11. The quantitative estimate of drug-likeness (QED) is 0.315. The molecule has 9 heteroatoms. The molecule has 0 saturated carbocycles. The number of carbonyl (C=O) groups is 1. The number of nitrogens with zero attached hydrogens (tertiary/aromatic N) is 1. The molecule has 7 nitrogen and oxygen atoms in total. The van der Waals surface area contributed by atoms with Crippen LogP contribution < -0.4 is 19.1 Å². The third kappa shape index (κ3) is 6.79. The van der Waals surface area contributed by atoms with E-state index in [1.165, 1.54) is 19.2 Å². The number of halogens is 1. The fraction of sp³-hybridized carbons (Fsp3) is 0.296. The lowest BCUT2D eigenvalue weighted by atomic mass is 10.0. The van der Waals surface area contributed by atoms with E-state index in [4.69, 9.17) is 9.47 Å². The van der Waals surface area contributed by atoms with Crippen LogP contribution in [0.25, 0.3) is 0 Å². The first kappa shape index (κ1) is 27.5. The van der Waals surface area contributed by atoms with Crippen molar-refractivity contribution in [2.75, 3.05) is 31.1 Å². The van der Waals surface area contributed by atoms with Crippen LogP contribution in [0, 0.1) is 6.92 Å². The number of aryl methyl sites for hydroxylation is 1. The Morgan fingerprint density at radius 1 is 1.03 bits per heavy atom. The monoisotopic (exact) mass is 574 g/mol. The molecule has 0 unspecified atom stereocenters. The van der Waals surface area contributed by atoms with E-state index in [0.717, 1.165) is 21.2 Å². The smallest absolute Gasteiger partial charge is 0.264 e. The standard InChI is InChI=1S/C27H31BrN2O5S/c1-19(2)23-7-5-6-8-25(23)35-16-15-29-27(31)18-30(21-11-9-20(3)10-12-21)36(32,33)22-13-14-26(34-4)24(28)17-22/h5-14,17,19H,15-16,18H2,1-4H3,(H,29,31). The van der Waals surface area contributed by atoms with Crippen LogP contribution in [0.15, 0.2) is 76.1 Å². The van der Waals surface area contributed by atoms with E-state index >= 15 is 0 Å². The summed E-state index contributed by atoms with van der Waals surface area (Å²) in [6.45, 7) is 6.21. The van der Waals surface area contributed by atoms with E-state index in [0.29, 0.717) is 21.8 Å². The van der Waals surface area contributed by atoms with Crippen LogP contribution in [0.3, 0.4) is 0 Å². The van der Waals surface area contributed by atoms with Crippen molar-refractivity contribution in [2.45, 2.75) is 31.6 Å². The Morgan fingerprint density at radius 2 is 1.72 bits per heavy atom. The normalized spacial score (nSPS) is 11.3. The summed E-state index contributed by atoms with van der Waals surface area (Å²) in [5.41, 5.74) is 2.46. The van der Waals surface area contributed by atoms with Gasteiger partial charge in [0.05, 0.1) is 28.7 Å². The van der Waals surface area contributed by atoms with Crippen LogP contribution in [0.2, 0.25) is 0 Å². The summed E-state index contributed by atoms with van der Waals surface area (Å²) in [4.78, 5) is 12.9. The molecule has 0 aliphatic carbocycles. The largest absolute Gasteiger partial charge is 0.496 e. The van der Waals surface area contributed by atoms with Gasteiger partial charge in [-0.1, -0.05) is 49.7 Å². The molecular weight excluding hydrogens is 544 g/mol. The van der Waals surface area contributed by atoms with Gasteiger partial charge in [-0.25, -0.2) is 8.42 Å². The zero-order valence-electron chi connectivity index (χ0n) is 20.8. The molecule has 0 aliphatic rings. The summed E-state index contributed by atoms with van der Waals surface area (Å²) in [5.74, 6) is 1.15. The predicted octanol–water partition coefficient (Wildman–Crippen LogP) is 5.28. The highest BCUT2D eigenvalue weighted by Crippen LogP contribution is 2.31. The summed E-state index contributed by atoms with van der Waals surface area (Å²) < 4.78 is 39.8. The molecule has 0 atom stereocenters. The van der Waals surface area contributed by atoms with Crippen LogP contribution >= 0.6 is 15.9 Å². The Morgan fingerprint density at radius 3 is 2.36 bits per heavy atom. The SMILES string of the molecule is COc1ccc(S(=O)(=O)N(CC(=O)NCCOc2ccccc2C(C)C)c2ccc(C)cc2)cc1Br. The molecule has 0 spiro atoms. The molecule has 1 amide bonds. The zero-order valence-corrected chi connectivity index (χ0v) is 23.2. The van der Waals surface area contributed by atoms with Gasteiger partial charge in [0.1, 0.15) is 24.7 Å². The third-order valence-corrected chi connectivity index (χ3v) is 7.93. The summed E-state index contributed by atoms with van der Waals surface area (Å²) >= 11 is 3.34. The highest BCUT2D eigenvalue weighted by Gasteiger charge is 2.28. The van der Waals surface area contributed by atoms with Crippen molar-refractivity contribution in [2.24, 2.45) is 0 Å². The van der Waals surface area contributed by atoms with Gasteiger partial charge in [0.15, 0.2) is 0 Å². The number of hydrogen-bond acceptors (Lipinski definition) is 5. The number of nitrogens with one attached hydrogen (secondary N) is 1. The van der Waals surface area contributed by atoms with Crippen LogP contribution in [0.5, 0.6) is 11.5 Å². The van der Waals surface area contributed by atoms with Crippen molar-refractivity contribution in [1.82, 2.24) is 5.32 Å². The first-order valence-electron chi connectivity index (χ1n) is 11.5. The number of amides is 1. The summed E-state index contributed by atoms with van der Waals surface area (Å²) in [5, 5.41) is 2.77. The maximum absolute atomic E-state index is 13.6. The molecule has 3 aromatic carbocycles. The minimum absolute atomic E-state index is 0.0391. The number of methoxy groups -OCH3 is 1. The minimum Gasteiger partial charge on any atom is -0.496 e. The summed E-state index contributed by atoms with van der Waals surface area (Å²) in [6, 6.07) is 19.3. The Bertz CT molecular complexity index is 1290. The molecule has 192 valence electrons. The third-order valence-electron chi connectivity index (χ3n) is 5.54. The van der Waals surface area contributed by atoms with Gasteiger partial charge >= 0.3 is 0 Å². The molecule has 0 aliphatic heterocycles. The number of carbonyl (C=O) groups excluding carboxylic acids is 1. The van der Waals surface area contributed by atoms with Gasteiger partial charge in [0.2, 0.25) is 5.91 Å². The van der Waals surface area contributed by atoms with E-state index in [-0.39, 0.29) is 24.6 Å². The molecule has 0 saturated heterocycles. The van der Waals surface area contributed by atoms with Gasteiger partial charge in [0.25, 0.3) is 10.0 Å². The van der Waals surface area contributed by atoms with Crippen molar-refractivity contribution < 1.29 is 22.7 Å². The molecule has 0 radical (unpaired) electrons. The first-order valence-corrected chi connectivity index (χ1v) is 13.8. The van der Waals surface area contributed by atoms with Gasteiger partial charge in [0, 0.05) is 0 Å². The molecule has 1 N–H and O–H groups in total. The van der Waals surface area contributed by atoms with Crippen molar-refractivity contribution in [3.8, 4) is 11.5 Å². The van der Waals surface area contributed by atoms with Crippen LogP contribution in [-0.2, 0) is 14.8 Å². The second kappa shape index (κ2) is 12.3. The lowest BCUT2D eigenvalue weighted by Gasteiger charge is -2.24. The van der Waals surface area contributed by atoms with Crippen molar-refractivity contribution in [1.29, 1.82) is 0 Å². The predicted molar refractivity (Wildman–Crippen MR) is 145 cm³/mol. The first-order chi connectivity index (χ1) is 17.1. The Balaban J connectivity index is 1.74. The maximum Gasteiger partial charge on any atom is 0.264 e. The van der Waals surface area contributed by atoms with Crippen molar-refractivity contribution in [3.63, 3.8) is 0 Å². The fourth-order valence-electron chi connectivity index (χ4n) is 3.59. The Labute approximate surface area is 221 Å². The second-order valence-corrected chi connectivity index (χ2v) is 11.3. The molecule has 3 rings (SSSR count). The lowest BCUT2D eigenvalue weighted by Crippen LogP contribution is -2.42. The fourth-order valence-corrected chi connectivity index (χ4v) is 5.73. The van der Waals surface area contributed by atoms with E-state index in [9.17, 15) is 13.2 Å². The van der Waals surface area contributed by atoms with Gasteiger partial charge in [-0.2, -0.15) is 0 Å². The van der Waals surface area contributed by atoms with Crippen molar-refractivity contribution in [3.05, 3.63) is 82.3 Å². The highest BCUT2D eigenvalue weighted by molar-refractivity contribution is 9.10. The lowest BCUT2D eigenvalue weighted by molar-refractivity contribution is -0.119. The van der Waals surface area contributed by atoms with Gasteiger partial charge in [-0.05, 0) is 70.7 Å². The molecule has 36 heavy (non-hydrogen) atoms. The van der Waals surface area contributed by atoms with Gasteiger partial charge < -0.3 is 14.8 Å². The number of benzene rings is 3. The van der Waals surface area contributed by atoms with Crippen molar-refractivity contribution >= 4 is 37.5 Å². The number of ether oxygens (including phenoxy) is 2. The molecule has 3 aromatic rings. The highest BCUT2D eigenvalue weighted by atomic mass is 79.9. The molecule has 0 heterocycles.